The molecular weight excluding hydrogens is 288 g/mol. The Hall–Kier alpha value is -1.33. The SMILES string of the molecule is C[C@@H](O)C[NH2+]CC[NH2+]Cc1ccc(-c2cccc(Cl)c2)o1. The maximum absolute atomic E-state index is 9.15. The molecule has 2 aromatic rings. The van der Waals surface area contributed by atoms with Crippen LogP contribution in [-0.4, -0.2) is 30.8 Å². The van der Waals surface area contributed by atoms with Crippen LogP contribution in [0, 0.1) is 0 Å². The molecule has 0 aliphatic rings. The minimum atomic E-state index is -0.240. The van der Waals surface area contributed by atoms with E-state index in [9.17, 15) is 0 Å². The number of aliphatic hydroxyl groups is 1. The van der Waals surface area contributed by atoms with Gasteiger partial charge in [0.1, 0.15) is 31.9 Å². The standard InChI is InChI=1S/C16H21ClN2O2/c1-12(20)10-18-7-8-19-11-15-5-6-16(21-15)13-3-2-4-14(17)9-13/h2-6,9,12,18-20H,7-8,10-11H2,1H3/p+2/t12-/m1/s1. The predicted octanol–water partition coefficient (Wildman–Crippen LogP) is 0.608. The molecule has 1 atom stereocenters. The zero-order chi connectivity index (χ0) is 15.1. The minimum absolute atomic E-state index is 0.240. The molecule has 5 N–H and O–H groups in total. The number of nitrogens with two attached hydrogens (primary N) is 2. The summed E-state index contributed by atoms with van der Waals surface area (Å²) in [4.78, 5) is 0. The van der Waals surface area contributed by atoms with Gasteiger partial charge in [0, 0.05) is 10.6 Å². The Kier molecular flexibility index (Phi) is 6.26. The van der Waals surface area contributed by atoms with Gasteiger partial charge in [0.2, 0.25) is 0 Å². The highest BCUT2D eigenvalue weighted by atomic mass is 35.5. The molecule has 0 spiro atoms. The Morgan fingerprint density at radius 1 is 1.19 bits per heavy atom. The molecule has 0 saturated carbocycles. The number of hydrogen-bond acceptors (Lipinski definition) is 2. The van der Waals surface area contributed by atoms with Gasteiger partial charge < -0.3 is 20.2 Å². The van der Waals surface area contributed by atoms with Gasteiger partial charge in [0.25, 0.3) is 0 Å². The topological polar surface area (TPSA) is 66.6 Å². The highest BCUT2D eigenvalue weighted by Crippen LogP contribution is 2.24. The first-order valence-corrected chi connectivity index (χ1v) is 7.69. The van der Waals surface area contributed by atoms with Crippen molar-refractivity contribution < 1.29 is 20.2 Å². The third-order valence-corrected chi connectivity index (χ3v) is 3.43. The molecule has 1 heterocycles. The number of aliphatic hydroxyl groups excluding tert-OH is 1. The highest BCUT2D eigenvalue weighted by Gasteiger charge is 2.06. The van der Waals surface area contributed by atoms with Gasteiger partial charge in [-0.15, -0.1) is 0 Å². The molecule has 0 fully saturated rings. The summed E-state index contributed by atoms with van der Waals surface area (Å²) >= 11 is 5.99. The highest BCUT2D eigenvalue weighted by molar-refractivity contribution is 6.30. The first kappa shape index (κ1) is 16.0. The molecule has 5 heteroatoms. The average Bonchev–Trinajstić information content (AvgIpc) is 2.91. The first-order chi connectivity index (χ1) is 10.1. The van der Waals surface area contributed by atoms with Crippen LogP contribution in [0.2, 0.25) is 5.02 Å². The van der Waals surface area contributed by atoms with Gasteiger partial charge in [-0.1, -0.05) is 23.7 Å². The quantitative estimate of drug-likeness (QED) is 0.625. The van der Waals surface area contributed by atoms with Crippen molar-refractivity contribution in [2.75, 3.05) is 19.6 Å². The first-order valence-electron chi connectivity index (χ1n) is 7.31. The smallest absolute Gasteiger partial charge is 0.158 e. The summed E-state index contributed by atoms with van der Waals surface area (Å²) < 4.78 is 5.83. The zero-order valence-corrected chi connectivity index (χ0v) is 13.0. The van der Waals surface area contributed by atoms with Gasteiger partial charge in [0.05, 0.1) is 6.10 Å². The number of hydrogen-bond donors (Lipinski definition) is 3. The summed E-state index contributed by atoms with van der Waals surface area (Å²) in [7, 11) is 0. The third-order valence-electron chi connectivity index (χ3n) is 3.20. The van der Waals surface area contributed by atoms with E-state index in [4.69, 9.17) is 21.1 Å². The van der Waals surface area contributed by atoms with Gasteiger partial charge in [-0.2, -0.15) is 0 Å². The average molecular weight is 311 g/mol. The Labute approximate surface area is 130 Å². The fourth-order valence-corrected chi connectivity index (χ4v) is 2.31. The maximum Gasteiger partial charge on any atom is 0.158 e. The minimum Gasteiger partial charge on any atom is -0.455 e. The fraction of sp³-hybridized carbons (Fsp3) is 0.375. The van der Waals surface area contributed by atoms with Crippen molar-refractivity contribution in [3.8, 4) is 11.3 Å². The van der Waals surface area contributed by atoms with Crippen LogP contribution >= 0.6 is 11.6 Å². The number of benzene rings is 1. The lowest BCUT2D eigenvalue weighted by Crippen LogP contribution is -2.95. The summed E-state index contributed by atoms with van der Waals surface area (Å²) in [5.74, 6) is 1.81. The van der Waals surface area contributed by atoms with E-state index in [1.54, 1.807) is 6.92 Å². The van der Waals surface area contributed by atoms with Crippen LogP contribution in [-0.2, 0) is 6.54 Å². The molecule has 1 aromatic heterocycles. The monoisotopic (exact) mass is 310 g/mol. The van der Waals surface area contributed by atoms with E-state index in [2.05, 4.69) is 10.6 Å². The van der Waals surface area contributed by atoms with Crippen LogP contribution in [0.3, 0.4) is 0 Å². The Balaban J connectivity index is 1.76. The van der Waals surface area contributed by atoms with Gasteiger partial charge in [-0.05, 0) is 31.2 Å². The summed E-state index contributed by atoms with van der Waals surface area (Å²) in [6.45, 7) is 5.38. The van der Waals surface area contributed by atoms with Crippen LogP contribution in [0.5, 0.6) is 0 Å². The second-order valence-corrected chi connectivity index (χ2v) is 5.66. The number of quaternary nitrogens is 2. The molecule has 0 unspecified atom stereocenters. The lowest BCUT2D eigenvalue weighted by atomic mass is 10.2. The van der Waals surface area contributed by atoms with Crippen molar-refractivity contribution in [3.05, 3.63) is 47.2 Å². The molecule has 0 aliphatic heterocycles. The zero-order valence-electron chi connectivity index (χ0n) is 12.3. The van der Waals surface area contributed by atoms with Crippen LogP contribution < -0.4 is 10.6 Å². The molecule has 21 heavy (non-hydrogen) atoms. The van der Waals surface area contributed by atoms with Gasteiger partial charge in [0.15, 0.2) is 5.76 Å². The largest absolute Gasteiger partial charge is 0.455 e. The molecule has 4 nitrogen and oxygen atoms in total. The van der Waals surface area contributed by atoms with Crippen molar-refractivity contribution in [1.29, 1.82) is 0 Å². The van der Waals surface area contributed by atoms with E-state index in [1.807, 2.05) is 36.4 Å². The van der Waals surface area contributed by atoms with Gasteiger partial charge in [-0.25, -0.2) is 0 Å². The maximum atomic E-state index is 9.15. The summed E-state index contributed by atoms with van der Waals surface area (Å²) in [5, 5.41) is 14.2. The predicted molar refractivity (Wildman–Crippen MR) is 83.0 cm³/mol. The van der Waals surface area contributed by atoms with E-state index in [0.717, 1.165) is 43.3 Å². The van der Waals surface area contributed by atoms with Gasteiger partial charge >= 0.3 is 0 Å². The lowest BCUT2D eigenvalue weighted by molar-refractivity contribution is -0.733. The van der Waals surface area contributed by atoms with Crippen molar-refractivity contribution in [2.45, 2.75) is 19.6 Å². The molecule has 0 amide bonds. The van der Waals surface area contributed by atoms with Crippen molar-refractivity contribution >= 4 is 11.6 Å². The Morgan fingerprint density at radius 3 is 2.76 bits per heavy atom. The van der Waals surface area contributed by atoms with Crippen LogP contribution in [0.25, 0.3) is 11.3 Å². The number of furan rings is 1. The van der Waals surface area contributed by atoms with Crippen molar-refractivity contribution in [2.24, 2.45) is 0 Å². The summed E-state index contributed by atoms with van der Waals surface area (Å²) in [6, 6.07) is 11.7. The van der Waals surface area contributed by atoms with Crippen molar-refractivity contribution in [3.63, 3.8) is 0 Å². The molecule has 2 rings (SSSR count). The molecule has 0 radical (unpaired) electrons. The number of halogens is 1. The van der Waals surface area contributed by atoms with E-state index >= 15 is 0 Å². The molecule has 0 aliphatic carbocycles. The molecule has 1 aromatic carbocycles. The van der Waals surface area contributed by atoms with E-state index in [1.165, 1.54) is 0 Å². The van der Waals surface area contributed by atoms with Gasteiger partial charge in [-0.3, -0.25) is 0 Å². The van der Waals surface area contributed by atoms with E-state index in [0.29, 0.717) is 5.02 Å². The summed E-state index contributed by atoms with van der Waals surface area (Å²) in [5.41, 5.74) is 0.999. The normalized spacial score (nSPS) is 12.5. The van der Waals surface area contributed by atoms with E-state index in [-0.39, 0.29) is 6.10 Å². The van der Waals surface area contributed by atoms with E-state index < -0.39 is 0 Å². The van der Waals surface area contributed by atoms with Crippen LogP contribution in [0.1, 0.15) is 12.7 Å². The van der Waals surface area contributed by atoms with Crippen LogP contribution in [0.4, 0.5) is 0 Å². The molecule has 0 saturated heterocycles. The fourth-order valence-electron chi connectivity index (χ4n) is 2.12. The Bertz CT molecular complexity index is 555. The molecular formula is C16H23ClN2O2+2. The van der Waals surface area contributed by atoms with Crippen LogP contribution in [0.15, 0.2) is 40.8 Å². The molecule has 0 bridgehead atoms. The Morgan fingerprint density at radius 2 is 2.00 bits per heavy atom. The third kappa shape index (κ3) is 5.52. The molecule has 114 valence electrons. The van der Waals surface area contributed by atoms with Crippen molar-refractivity contribution in [1.82, 2.24) is 0 Å². The second-order valence-electron chi connectivity index (χ2n) is 5.22. The number of rotatable bonds is 8. The second kappa shape index (κ2) is 8.20. The summed E-state index contributed by atoms with van der Waals surface area (Å²) in [6.07, 6.45) is -0.240. The lowest BCUT2D eigenvalue weighted by Gasteiger charge is -2.03.